The van der Waals surface area contributed by atoms with Gasteiger partial charge in [-0.3, -0.25) is 0 Å². The first-order valence-electron chi connectivity index (χ1n) is 4.99. The molecule has 2 rings (SSSR count). The van der Waals surface area contributed by atoms with E-state index in [1.54, 1.807) is 6.33 Å². The Morgan fingerprint density at radius 2 is 2.24 bits per heavy atom. The van der Waals surface area contributed by atoms with Gasteiger partial charge in [-0.2, -0.15) is 0 Å². The zero-order chi connectivity index (χ0) is 12.4. The average molecular weight is 298 g/mol. The smallest absolute Gasteiger partial charge is 0.165 e. The lowest BCUT2D eigenvalue weighted by Crippen LogP contribution is -2.01. The van der Waals surface area contributed by atoms with Crippen LogP contribution in [0.4, 0.5) is 5.82 Å². The summed E-state index contributed by atoms with van der Waals surface area (Å²) in [4.78, 5) is 12.2. The van der Waals surface area contributed by atoms with Gasteiger partial charge < -0.3 is 15.4 Å². The van der Waals surface area contributed by atoms with Gasteiger partial charge in [0.25, 0.3) is 0 Å². The maximum Gasteiger partial charge on any atom is 0.165 e. The van der Waals surface area contributed by atoms with Gasteiger partial charge in [0.1, 0.15) is 11.8 Å². The van der Waals surface area contributed by atoms with Crippen molar-refractivity contribution in [1.82, 2.24) is 19.5 Å². The van der Waals surface area contributed by atoms with E-state index in [0.29, 0.717) is 23.5 Å². The van der Waals surface area contributed by atoms with Crippen LogP contribution in [0.5, 0.6) is 0 Å². The number of anilines is 1. The molecule has 0 fully saturated rings. The number of allylic oxidation sites excluding steroid dienone is 1. The van der Waals surface area contributed by atoms with Crippen LogP contribution in [0.25, 0.3) is 11.2 Å². The Morgan fingerprint density at radius 3 is 2.94 bits per heavy atom. The zero-order valence-electron chi connectivity index (χ0n) is 9.26. The fraction of sp³-hybridized carbons (Fsp3) is 0.300. The van der Waals surface area contributed by atoms with Crippen molar-refractivity contribution in [2.24, 2.45) is 0 Å². The highest BCUT2D eigenvalue weighted by Crippen LogP contribution is 2.19. The van der Waals surface area contributed by atoms with Crippen LogP contribution >= 0.6 is 15.9 Å². The topological polar surface area (TPSA) is 89.8 Å². The first kappa shape index (κ1) is 12.0. The predicted octanol–water partition coefficient (Wildman–Crippen LogP) is 1.07. The number of aliphatic hydroxyl groups is 1. The summed E-state index contributed by atoms with van der Waals surface area (Å²) in [6.45, 7) is 2.43. The standard InChI is InChI=1S/C10H12BrN5O/c1-6(3-17)7(11)2-16-5-15-8-9(12)13-4-14-10(8)16/h4-5,17H,2-3H2,1H3,(H2,12,13,14)/b7-6+. The highest BCUT2D eigenvalue weighted by atomic mass is 79.9. The first-order chi connectivity index (χ1) is 8.13. The molecule has 17 heavy (non-hydrogen) atoms. The Balaban J connectivity index is 2.41. The molecular formula is C10H12BrN5O. The number of hydrogen-bond donors (Lipinski definition) is 2. The summed E-state index contributed by atoms with van der Waals surface area (Å²) in [5.41, 5.74) is 7.84. The van der Waals surface area contributed by atoms with E-state index < -0.39 is 0 Å². The fourth-order valence-corrected chi connectivity index (χ4v) is 1.78. The minimum atomic E-state index is 0.0182. The SMILES string of the molecule is C/C(CO)=C(\Br)Cn1cnc2c(N)ncnc21. The van der Waals surface area contributed by atoms with E-state index in [0.717, 1.165) is 10.1 Å². The molecule has 0 bridgehead atoms. The second-order valence-corrected chi connectivity index (χ2v) is 4.60. The molecule has 90 valence electrons. The van der Waals surface area contributed by atoms with Crippen LogP contribution in [0, 0.1) is 0 Å². The lowest BCUT2D eigenvalue weighted by molar-refractivity contribution is 0.330. The first-order valence-corrected chi connectivity index (χ1v) is 5.79. The van der Waals surface area contributed by atoms with Gasteiger partial charge >= 0.3 is 0 Å². The third-order valence-electron chi connectivity index (χ3n) is 2.44. The number of rotatable bonds is 3. The number of nitrogens with zero attached hydrogens (tertiary/aromatic N) is 4. The molecular weight excluding hydrogens is 286 g/mol. The van der Waals surface area contributed by atoms with Gasteiger partial charge in [0.15, 0.2) is 11.5 Å². The monoisotopic (exact) mass is 297 g/mol. The molecule has 0 saturated heterocycles. The van der Waals surface area contributed by atoms with Crippen molar-refractivity contribution in [3.8, 4) is 0 Å². The number of aliphatic hydroxyl groups excluding tert-OH is 1. The number of hydrogen-bond acceptors (Lipinski definition) is 5. The van der Waals surface area contributed by atoms with Crippen LogP contribution in [0.3, 0.4) is 0 Å². The molecule has 0 aliphatic heterocycles. The summed E-state index contributed by atoms with van der Waals surface area (Å²) in [5, 5.41) is 9.03. The van der Waals surface area contributed by atoms with Crippen LogP contribution in [0.1, 0.15) is 6.92 Å². The Morgan fingerprint density at radius 1 is 1.47 bits per heavy atom. The molecule has 2 heterocycles. The second-order valence-electron chi connectivity index (χ2n) is 3.65. The van der Waals surface area contributed by atoms with Crippen LogP contribution in [0.2, 0.25) is 0 Å². The zero-order valence-corrected chi connectivity index (χ0v) is 10.8. The molecule has 0 amide bonds. The molecule has 0 radical (unpaired) electrons. The predicted molar refractivity (Wildman–Crippen MR) is 68.4 cm³/mol. The molecule has 0 unspecified atom stereocenters. The fourth-order valence-electron chi connectivity index (χ4n) is 1.38. The molecule has 2 aromatic rings. The highest BCUT2D eigenvalue weighted by molar-refractivity contribution is 9.11. The molecule has 0 saturated carbocycles. The molecule has 7 heteroatoms. The quantitative estimate of drug-likeness (QED) is 0.884. The summed E-state index contributed by atoms with van der Waals surface area (Å²) < 4.78 is 2.74. The molecule has 6 nitrogen and oxygen atoms in total. The van der Waals surface area contributed by atoms with Crippen LogP contribution < -0.4 is 5.73 Å². The van der Waals surface area contributed by atoms with Gasteiger partial charge in [0, 0.05) is 4.48 Å². The minimum absolute atomic E-state index is 0.0182. The van der Waals surface area contributed by atoms with Crippen LogP contribution in [-0.2, 0) is 6.54 Å². The van der Waals surface area contributed by atoms with Gasteiger partial charge in [-0.1, -0.05) is 15.9 Å². The van der Waals surface area contributed by atoms with E-state index in [2.05, 4.69) is 30.9 Å². The molecule has 0 aliphatic carbocycles. The number of fused-ring (bicyclic) bond motifs is 1. The van der Waals surface area contributed by atoms with E-state index in [-0.39, 0.29) is 6.61 Å². The highest BCUT2D eigenvalue weighted by Gasteiger charge is 2.09. The maximum absolute atomic E-state index is 9.03. The third kappa shape index (κ3) is 2.29. The molecule has 0 aromatic carbocycles. The van der Waals surface area contributed by atoms with E-state index >= 15 is 0 Å². The van der Waals surface area contributed by atoms with Gasteiger partial charge in [-0.05, 0) is 12.5 Å². The normalized spacial score (nSPS) is 12.9. The third-order valence-corrected chi connectivity index (χ3v) is 3.37. The van der Waals surface area contributed by atoms with E-state index in [4.69, 9.17) is 10.8 Å². The van der Waals surface area contributed by atoms with Crippen molar-refractivity contribution in [3.63, 3.8) is 0 Å². The van der Waals surface area contributed by atoms with Crippen molar-refractivity contribution < 1.29 is 5.11 Å². The van der Waals surface area contributed by atoms with Crippen molar-refractivity contribution in [1.29, 1.82) is 0 Å². The van der Waals surface area contributed by atoms with Gasteiger partial charge in [0.2, 0.25) is 0 Å². The largest absolute Gasteiger partial charge is 0.392 e. The average Bonchev–Trinajstić information content (AvgIpc) is 2.73. The van der Waals surface area contributed by atoms with Gasteiger partial charge in [-0.15, -0.1) is 0 Å². The lowest BCUT2D eigenvalue weighted by Gasteiger charge is -2.05. The van der Waals surface area contributed by atoms with Gasteiger partial charge in [-0.25, -0.2) is 15.0 Å². The molecule has 2 aromatic heterocycles. The number of aromatic nitrogens is 4. The molecule has 0 atom stereocenters. The van der Waals surface area contributed by atoms with Gasteiger partial charge in [0.05, 0.1) is 19.5 Å². The summed E-state index contributed by atoms with van der Waals surface area (Å²) in [5.74, 6) is 0.368. The van der Waals surface area contributed by atoms with Crippen LogP contribution in [0.15, 0.2) is 22.7 Å². The Labute approximate surface area is 106 Å². The molecule has 3 N–H and O–H groups in total. The summed E-state index contributed by atoms with van der Waals surface area (Å²) >= 11 is 3.43. The molecule has 0 spiro atoms. The minimum Gasteiger partial charge on any atom is -0.392 e. The second kappa shape index (κ2) is 4.80. The van der Waals surface area contributed by atoms with E-state index in [1.807, 2.05) is 11.5 Å². The number of halogens is 1. The van der Waals surface area contributed by atoms with Crippen LogP contribution in [-0.4, -0.2) is 31.2 Å². The van der Waals surface area contributed by atoms with E-state index in [1.165, 1.54) is 6.33 Å². The Bertz CT molecular complexity index is 577. The Kier molecular flexibility index (Phi) is 3.39. The number of imidazole rings is 1. The Hall–Kier alpha value is -1.47. The summed E-state index contributed by atoms with van der Waals surface area (Å²) in [7, 11) is 0. The maximum atomic E-state index is 9.03. The summed E-state index contributed by atoms with van der Waals surface area (Å²) in [6, 6.07) is 0. The van der Waals surface area contributed by atoms with E-state index in [9.17, 15) is 0 Å². The summed E-state index contributed by atoms with van der Waals surface area (Å²) in [6.07, 6.45) is 3.06. The van der Waals surface area contributed by atoms with Crippen molar-refractivity contribution in [3.05, 3.63) is 22.7 Å². The number of nitrogens with two attached hydrogens (primary N) is 1. The van der Waals surface area contributed by atoms with Crippen molar-refractivity contribution >= 4 is 32.9 Å². The number of nitrogen functional groups attached to an aromatic ring is 1. The van der Waals surface area contributed by atoms with Crippen molar-refractivity contribution in [2.45, 2.75) is 13.5 Å². The lowest BCUT2D eigenvalue weighted by atomic mass is 10.3. The van der Waals surface area contributed by atoms with Crippen molar-refractivity contribution in [2.75, 3.05) is 12.3 Å². The molecule has 0 aliphatic rings.